The number of hydrogen-bond donors (Lipinski definition) is 1. The van der Waals surface area contributed by atoms with Crippen LogP contribution in [0.2, 0.25) is 0 Å². The molecule has 1 heterocycles. The predicted octanol–water partition coefficient (Wildman–Crippen LogP) is 1.13. The molecule has 0 spiro atoms. The fourth-order valence-corrected chi connectivity index (χ4v) is 1.29. The van der Waals surface area contributed by atoms with Gasteiger partial charge in [-0.05, 0) is 18.3 Å². The van der Waals surface area contributed by atoms with Crippen molar-refractivity contribution >= 4 is 28.2 Å². The molecule has 0 saturated carbocycles. The summed E-state index contributed by atoms with van der Waals surface area (Å²) in [6, 6.07) is 7.78. The van der Waals surface area contributed by atoms with Crippen LogP contribution in [0.5, 0.6) is 0 Å². The van der Waals surface area contributed by atoms with Crippen LogP contribution in [0.25, 0.3) is 10.9 Å². The fourth-order valence-electron chi connectivity index (χ4n) is 1.15. The van der Waals surface area contributed by atoms with E-state index in [-0.39, 0.29) is 5.11 Å². The highest BCUT2D eigenvalue weighted by Gasteiger charge is 2.01. The van der Waals surface area contributed by atoms with Gasteiger partial charge in [0.2, 0.25) is 0 Å². The average Bonchev–Trinajstić information content (AvgIpc) is 2.47. The molecule has 0 amide bonds. The lowest BCUT2D eigenvalue weighted by atomic mass is 10.3. The molecular weight excluding hydrogens is 170 g/mol. The summed E-state index contributed by atoms with van der Waals surface area (Å²) < 4.78 is 1.55. The summed E-state index contributed by atoms with van der Waals surface area (Å²) in [5, 5.41) is 5.37. The highest BCUT2D eigenvalue weighted by Crippen LogP contribution is 2.11. The third-order valence-corrected chi connectivity index (χ3v) is 1.86. The second kappa shape index (κ2) is 2.57. The molecule has 0 saturated heterocycles. The Hall–Kier alpha value is -1.42. The molecule has 12 heavy (non-hydrogen) atoms. The molecule has 0 aliphatic heterocycles. The van der Waals surface area contributed by atoms with Crippen LogP contribution in [0.15, 0.2) is 30.5 Å². The molecule has 2 aromatic rings. The van der Waals surface area contributed by atoms with E-state index in [1.54, 1.807) is 10.9 Å². The molecule has 1 aromatic heterocycles. The Morgan fingerprint density at radius 2 is 2.17 bits per heavy atom. The number of para-hydroxylation sites is 1. The molecule has 0 aliphatic carbocycles. The quantitative estimate of drug-likeness (QED) is 0.613. The summed E-state index contributed by atoms with van der Waals surface area (Å²) in [6.45, 7) is 0. The van der Waals surface area contributed by atoms with Crippen LogP contribution >= 0.6 is 12.2 Å². The van der Waals surface area contributed by atoms with Crippen LogP contribution in [0.3, 0.4) is 0 Å². The first-order chi connectivity index (χ1) is 5.79. The highest BCUT2D eigenvalue weighted by molar-refractivity contribution is 7.80. The minimum atomic E-state index is 0.274. The standard InChI is InChI=1S/C8H7N3S/c9-8(12)11-7-4-2-1-3-6(7)5-10-11/h1-5H,(H2,9,12). The molecule has 0 atom stereocenters. The fraction of sp³-hybridized carbons (Fsp3) is 0. The number of hydrogen-bond acceptors (Lipinski definition) is 2. The second-order valence-corrected chi connectivity index (χ2v) is 2.87. The number of nitrogens with zero attached hydrogens (tertiary/aromatic N) is 2. The van der Waals surface area contributed by atoms with E-state index in [1.807, 2.05) is 24.3 Å². The number of aromatic nitrogens is 2. The molecule has 2 N–H and O–H groups in total. The van der Waals surface area contributed by atoms with Crippen LogP contribution in [0.4, 0.5) is 0 Å². The molecule has 2 rings (SSSR count). The average molecular weight is 177 g/mol. The molecule has 60 valence electrons. The van der Waals surface area contributed by atoms with Gasteiger partial charge in [0.05, 0.1) is 11.7 Å². The van der Waals surface area contributed by atoms with Crippen molar-refractivity contribution in [3.05, 3.63) is 30.5 Å². The Morgan fingerprint density at radius 1 is 1.42 bits per heavy atom. The first-order valence-electron chi connectivity index (χ1n) is 3.51. The molecular formula is C8H7N3S. The van der Waals surface area contributed by atoms with E-state index >= 15 is 0 Å². The van der Waals surface area contributed by atoms with Gasteiger partial charge in [0, 0.05) is 5.39 Å². The zero-order valence-electron chi connectivity index (χ0n) is 6.27. The van der Waals surface area contributed by atoms with Crippen molar-refractivity contribution in [3.8, 4) is 0 Å². The van der Waals surface area contributed by atoms with Crippen molar-refractivity contribution < 1.29 is 0 Å². The summed E-state index contributed by atoms with van der Waals surface area (Å²) in [4.78, 5) is 0. The molecule has 0 unspecified atom stereocenters. The van der Waals surface area contributed by atoms with Gasteiger partial charge in [-0.3, -0.25) is 0 Å². The smallest absolute Gasteiger partial charge is 0.191 e. The van der Waals surface area contributed by atoms with Crippen molar-refractivity contribution in [2.24, 2.45) is 5.73 Å². The number of nitrogens with two attached hydrogens (primary N) is 1. The lowest BCUT2D eigenvalue weighted by Crippen LogP contribution is -2.19. The summed E-state index contributed by atoms with van der Waals surface area (Å²) in [6.07, 6.45) is 1.74. The van der Waals surface area contributed by atoms with Gasteiger partial charge in [0.15, 0.2) is 5.11 Å². The van der Waals surface area contributed by atoms with E-state index in [0.29, 0.717) is 0 Å². The van der Waals surface area contributed by atoms with Crippen LogP contribution in [-0.4, -0.2) is 14.9 Å². The van der Waals surface area contributed by atoms with Crippen molar-refractivity contribution in [1.82, 2.24) is 9.78 Å². The molecule has 0 aliphatic rings. The Labute approximate surface area is 74.8 Å². The van der Waals surface area contributed by atoms with E-state index in [4.69, 9.17) is 18.0 Å². The summed E-state index contributed by atoms with van der Waals surface area (Å²) >= 11 is 4.82. The minimum Gasteiger partial charge on any atom is -0.374 e. The molecule has 0 radical (unpaired) electrons. The maximum absolute atomic E-state index is 5.46. The number of thiocarbonyl (C=S) groups is 1. The first-order valence-corrected chi connectivity index (χ1v) is 3.92. The third-order valence-electron chi connectivity index (χ3n) is 1.69. The van der Waals surface area contributed by atoms with Crippen LogP contribution in [0, 0.1) is 0 Å². The summed E-state index contributed by atoms with van der Waals surface area (Å²) in [5.41, 5.74) is 6.41. The maximum atomic E-state index is 5.46. The lowest BCUT2D eigenvalue weighted by Gasteiger charge is -1.97. The Morgan fingerprint density at radius 3 is 2.92 bits per heavy atom. The SMILES string of the molecule is NC(=S)n1ncc2ccccc21. The molecule has 0 fully saturated rings. The molecule has 0 bridgehead atoms. The maximum Gasteiger partial charge on any atom is 0.191 e. The van der Waals surface area contributed by atoms with Gasteiger partial charge < -0.3 is 5.73 Å². The number of rotatable bonds is 0. The van der Waals surface area contributed by atoms with E-state index in [1.165, 1.54) is 0 Å². The Kier molecular flexibility index (Phi) is 1.55. The van der Waals surface area contributed by atoms with E-state index in [9.17, 15) is 0 Å². The van der Waals surface area contributed by atoms with Crippen LogP contribution in [0.1, 0.15) is 0 Å². The Bertz CT molecular complexity index is 433. The van der Waals surface area contributed by atoms with Crippen molar-refractivity contribution in [2.75, 3.05) is 0 Å². The predicted molar refractivity (Wildman–Crippen MR) is 51.9 cm³/mol. The van der Waals surface area contributed by atoms with Crippen molar-refractivity contribution in [3.63, 3.8) is 0 Å². The number of benzene rings is 1. The summed E-state index contributed by atoms with van der Waals surface area (Å²) in [7, 11) is 0. The van der Waals surface area contributed by atoms with Gasteiger partial charge in [0.25, 0.3) is 0 Å². The zero-order valence-corrected chi connectivity index (χ0v) is 7.08. The highest BCUT2D eigenvalue weighted by atomic mass is 32.1. The van der Waals surface area contributed by atoms with Crippen LogP contribution in [-0.2, 0) is 0 Å². The van der Waals surface area contributed by atoms with Gasteiger partial charge in [0.1, 0.15) is 0 Å². The lowest BCUT2D eigenvalue weighted by molar-refractivity contribution is 0.970. The van der Waals surface area contributed by atoms with Crippen LogP contribution < -0.4 is 5.73 Å². The van der Waals surface area contributed by atoms with E-state index in [0.717, 1.165) is 10.9 Å². The Balaban J connectivity index is 2.79. The largest absolute Gasteiger partial charge is 0.374 e. The van der Waals surface area contributed by atoms with Gasteiger partial charge in [-0.15, -0.1) is 0 Å². The molecule has 3 nitrogen and oxygen atoms in total. The molecule has 1 aromatic carbocycles. The van der Waals surface area contributed by atoms with Crippen molar-refractivity contribution in [2.45, 2.75) is 0 Å². The summed E-state index contributed by atoms with van der Waals surface area (Å²) in [5.74, 6) is 0. The van der Waals surface area contributed by atoms with Gasteiger partial charge >= 0.3 is 0 Å². The van der Waals surface area contributed by atoms with Gasteiger partial charge in [-0.2, -0.15) is 5.10 Å². The van der Waals surface area contributed by atoms with E-state index in [2.05, 4.69) is 5.10 Å². The third kappa shape index (κ3) is 0.967. The second-order valence-electron chi connectivity index (χ2n) is 2.45. The normalized spacial score (nSPS) is 10.3. The number of fused-ring (bicyclic) bond motifs is 1. The topological polar surface area (TPSA) is 43.8 Å². The van der Waals surface area contributed by atoms with Gasteiger partial charge in [-0.1, -0.05) is 18.2 Å². The first kappa shape index (κ1) is 7.24. The van der Waals surface area contributed by atoms with Crippen molar-refractivity contribution in [1.29, 1.82) is 0 Å². The van der Waals surface area contributed by atoms with E-state index < -0.39 is 0 Å². The van der Waals surface area contributed by atoms with Gasteiger partial charge in [-0.25, -0.2) is 4.68 Å². The molecule has 4 heteroatoms. The zero-order chi connectivity index (χ0) is 8.55. The minimum absolute atomic E-state index is 0.274. The monoisotopic (exact) mass is 177 g/mol.